The van der Waals surface area contributed by atoms with Crippen LogP contribution in [0.3, 0.4) is 0 Å². The van der Waals surface area contributed by atoms with Crippen LogP contribution >= 0.6 is 0 Å². The molecule has 2 saturated carbocycles. The summed E-state index contributed by atoms with van der Waals surface area (Å²) < 4.78 is 4.96. The molecule has 0 radical (unpaired) electrons. The summed E-state index contributed by atoms with van der Waals surface area (Å²) >= 11 is 0. The minimum Gasteiger partial charge on any atom is -0.458 e. The number of aliphatic hydroxyl groups is 2. The van der Waals surface area contributed by atoms with Gasteiger partial charge in [-0.1, -0.05) is 39.3 Å². The molecule has 0 bridgehead atoms. The fraction of sp³-hybridized carbons (Fsp3) is 0.720. The van der Waals surface area contributed by atoms with Crippen LogP contribution in [0.2, 0.25) is 0 Å². The van der Waals surface area contributed by atoms with Gasteiger partial charge in [0.25, 0.3) is 0 Å². The highest BCUT2D eigenvalue weighted by Gasteiger charge is 2.70. The quantitative estimate of drug-likeness (QED) is 0.665. The molecule has 0 aromatic carbocycles. The zero-order chi connectivity index (χ0) is 22.8. The SMILES string of the molecule is CC[C@@H]1C[C@H]2[C@@H]3C=CC4=CC(=O)CC[C@]4(C)[C@H]3[C@@H](O)C[C@]2(C)[C@@]1(O)C(=O)COC(C)=O. The van der Waals surface area contributed by atoms with Crippen molar-refractivity contribution in [3.8, 4) is 0 Å². The lowest BCUT2D eigenvalue weighted by Gasteiger charge is -2.58. The first-order valence-electron chi connectivity index (χ1n) is 11.5. The predicted octanol–water partition coefficient (Wildman–Crippen LogP) is 2.76. The van der Waals surface area contributed by atoms with Crippen molar-refractivity contribution in [1.82, 2.24) is 0 Å². The average molecular weight is 431 g/mol. The van der Waals surface area contributed by atoms with Crippen LogP contribution in [0.25, 0.3) is 0 Å². The lowest BCUT2D eigenvalue weighted by Crippen LogP contribution is -2.62. The van der Waals surface area contributed by atoms with Crippen LogP contribution in [0.1, 0.15) is 59.8 Å². The van der Waals surface area contributed by atoms with Crippen LogP contribution in [0.5, 0.6) is 0 Å². The molecule has 4 aliphatic carbocycles. The first kappa shape index (κ1) is 22.4. The van der Waals surface area contributed by atoms with Gasteiger partial charge in [0.1, 0.15) is 5.60 Å². The number of aliphatic hydroxyl groups excluding tert-OH is 1. The summed E-state index contributed by atoms with van der Waals surface area (Å²) in [4.78, 5) is 36.5. The average Bonchev–Trinajstić information content (AvgIpc) is 2.94. The lowest BCUT2D eigenvalue weighted by molar-refractivity contribution is -0.183. The Morgan fingerprint density at radius 1 is 1.29 bits per heavy atom. The van der Waals surface area contributed by atoms with Crippen molar-refractivity contribution < 1.29 is 29.3 Å². The molecule has 4 rings (SSSR count). The summed E-state index contributed by atoms with van der Waals surface area (Å²) in [6.45, 7) is 6.83. The number of carbonyl (C=O) groups excluding carboxylic acids is 3. The third kappa shape index (κ3) is 3.01. The number of ether oxygens (including phenoxy) is 1. The highest BCUT2D eigenvalue weighted by Crippen LogP contribution is 2.68. The van der Waals surface area contributed by atoms with Crippen LogP contribution in [0.15, 0.2) is 23.8 Å². The van der Waals surface area contributed by atoms with Crippen LogP contribution in [0.4, 0.5) is 0 Å². The third-order valence-electron chi connectivity index (χ3n) is 9.17. The van der Waals surface area contributed by atoms with Crippen molar-refractivity contribution in [1.29, 1.82) is 0 Å². The summed E-state index contributed by atoms with van der Waals surface area (Å²) in [6.07, 6.45) is 7.93. The second-order valence-electron chi connectivity index (χ2n) is 10.6. The number of hydrogen-bond acceptors (Lipinski definition) is 6. The molecule has 0 unspecified atom stereocenters. The standard InChI is InChI=1S/C25H34O6/c1-5-15-11-19-18-7-6-16-10-17(27)8-9-23(16,3)22(18)20(28)12-24(19,4)25(15,30)21(29)13-31-14(2)26/h6-7,10,15,18-20,22,28,30H,5,8-9,11-13H2,1-4H3/t15-,18+,19+,20+,22-,23+,24+,25+/m1/s1. The fourth-order valence-corrected chi connectivity index (χ4v) is 7.58. The molecule has 0 saturated heterocycles. The van der Waals surface area contributed by atoms with Gasteiger partial charge in [-0.25, -0.2) is 0 Å². The lowest BCUT2D eigenvalue weighted by atomic mass is 9.47. The number of hydrogen-bond donors (Lipinski definition) is 2. The van der Waals surface area contributed by atoms with E-state index >= 15 is 0 Å². The first-order chi connectivity index (χ1) is 14.5. The molecule has 0 spiro atoms. The van der Waals surface area contributed by atoms with E-state index in [1.165, 1.54) is 6.92 Å². The predicted molar refractivity (Wildman–Crippen MR) is 114 cm³/mol. The molecular formula is C25H34O6. The number of esters is 1. The van der Waals surface area contributed by atoms with Gasteiger partial charge < -0.3 is 14.9 Å². The number of fused-ring (bicyclic) bond motifs is 5. The number of ketones is 2. The van der Waals surface area contributed by atoms with Crippen molar-refractivity contribution in [3.05, 3.63) is 23.8 Å². The molecule has 4 aliphatic rings. The summed E-state index contributed by atoms with van der Waals surface area (Å²) in [5.41, 5.74) is -1.78. The molecule has 0 aromatic rings. The molecule has 0 aliphatic heterocycles. The largest absolute Gasteiger partial charge is 0.458 e. The van der Waals surface area contributed by atoms with E-state index in [1.807, 2.05) is 19.9 Å². The van der Waals surface area contributed by atoms with Crippen LogP contribution in [0, 0.1) is 34.5 Å². The second-order valence-corrected chi connectivity index (χ2v) is 10.6. The van der Waals surface area contributed by atoms with Crippen molar-refractivity contribution in [2.75, 3.05) is 6.61 Å². The van der Waals surface area contributed by atoms with Crippen molar-refractivity contribution in [3.63, 3.8) is 0 Å². The molecule has 8 atom stereocenters. The molecule has 170 valence electrons. The third-order valence-corrected chi connectivity index (χ3v) is 9.17. The second kappa shape index (κ2) is 7.38. The van der Waals surface area contributed by atoms with Crippen LogP contribution < -0.4 is 0 Å². The monoisotopic (exact) mass is 430 g/mol. The van der Waals surface area contributed by atoms with Gasteiger partial charge in [-0.3, -0.25) is 14.4 Å². The number of rotatable bonds is 4. The van der Waals surface area contributed by atoms with Gasteiger partial charge in [0.05, 0.1) is 6.10 Å². The maximum atomic E-state index is 13.2. The molecule has 0 amide bonds. The van der Waals surface area contributed by atoms with E-state index in [-0.39, 0.29) is 34.9 Å². The van der Waals surface area contributed by atoms with Gasteiger partial charge in [-0.2, -0.15) is 0 Å². The van der Waals surface area contributed by atoms with Crippen LogP contribution in [-0.4, -0.2) is 46.1 Å². The normalized spacial score (nSPS) is 45.9. The summed E-state index contributed by atoms with van der Waals surface area (Å²) in [5, 5.41) is 23.3. The zero-order valence-corrected chi connectivity index (χ0v) is 18.9. The summed E-state index contributed by atoms with van der Waals surface area (Å²) in [5.74, 6) is -1.19. The van der Waals surface area contributed by atoms with Crippen molar-refractivity contribution >= 4 is 17.5 Å². The van der Waals surface area contributed by atoms with E-state index in [2.05, 4.69) is 13.0 Å². The smallest absolute Gasteiger partial charge is 0.303 e. The maximum Gasteiger partial charge on any atom is 0.303 e. The van der Waals surface area contributed by atoms with Gasteiger partial charge in [0.15, 0.2) is 12.4 Å². The van der Waals surface area contributed by atoms with Gasteiger partial charge in [0, 0.05) is 24.7 Å². The molecule has 2 fully saturated rings. The van der Waals surface area contributed by atoms with E-state index < -0.39 is 35.5 Å². The van der Waals surface area contributed by atoms with E-state index in [9.17, 15) is 24.6 Å². The summed E-state index contributed by atoms with van der Waals surface area (Å²) in [7, 11) is 0. The van der Waals surface area contributed by atoms with E-state index in [4.69, 9.17) is 4.74 Å². The number of carbonyl (C=O) groups is 3. The maximum absolute atomic E-state index is 13.2. The Bertz CT molecular complexity index is 873. The van der Waals surface area contributed by atoms with Crippen molar-refractivity contribution in [2.45, 2.75) is 71.5 Å². The topological polar surface area (TPSA) is 101 Å². The van der Waals surface area contributed by atoms with E-state index in [0.717, 1.165) is 5.57 Å². The Balaban J connectivity index is 1.76. The molecule has 6 heteroatoms. The summed E-state index contributed by atoms with van der Waals surface area (Å²) in [6, 6.07) is 0. The number of Topliss-reactive ketones (excluding diaryl/α,β-unsaturated/α-hetero) is 1. The Morgan fingerprint density at radius 3 is 2.65 bits per heavy atom. The van der Waals surface area contributed by atoms with Gasteiger partial charge in [-0.15, -0.1) is 0 Å². The van der Waals surface area contributed by atoms with E-state index in [1.54, 1.807) is 6.08 Å². The molecule has 0 heterocycles. The minimum absolute atomic E-state index is 0.00806. The molecule has 31 heavy (non-hydrogen) atoms. The van der Waals surface area contributed by atoms with Gasteiger partial charge >= 0.3 is 5.97 Å². The molecule has 6 nitrogen and oxygen atoms in total. The Kier molecular flexibility index (Phi) is 5.33. The Morgan fingerprint density at radius 2 is 2.00 bits per heavy atom. The van der Waals surface area contributed by atoms with E-state index in [0.29, 0.717) is 32.1 Å². The van der Waals surface area contributed by atoms with Gasteiger partial charge in [0.2, 0.25) is 5.78 Å². The Labute approximate surface area is 183 Å². The molecular weight excluding hydrogens is 396 g/mol. The van der Waals surface area contributed by atoms with Gasteiger partial charge in [-0.05, 0) is 54.1 Å². The Hall–Kier alpha value is -1.79. The molecule has 2 N–H and O–H groups in total. The minimum atomic E-state index is -1.65. The van der Waals surface area contributed by atoms with Crippen molar-refractivity contribution in [2.24, 2.45) is 34.5 Å². The number of allylic oxidation sites excluding steroid dienone is 4. The highest BCUT2D eigenvalue weighted by atomic mass is 16.5. The molecule has 0 aromatic heterocycles. The highest BCUT2D eigenvalue weighted by molar-refractivity contribution is 5.92. The fourth-order valence-electron chi connectivity index (χ4n) is 7.58. The first-order valence-corrected chi connectivity index (χ1v) is 11.5. The van der Waals surface area contributed by atoms with Crippen LogP contribution in [-0.2, 0) is 19.1 Å². The zero-order valence-electron chi connectivity index (χ0n) is 18.9.